The Hall–Kier alpha value is -2.43. The second kappa shape index (κ2) is 7.77. The van der Waals surface area contributed by atoms with E-state index in [1.54, 1.807) is 7.11 Å². The minimum atomic E-state index is 0.163. The van der Waals surface area contributed by atoms with Crippen LogP contribution in [0.4, 0.5) is 0 Å². The van der Waals surface area contributed by atoms with Crippen LogP contribution in [0.25, 0.3) is 11.3 Å². The molecule has 2 aromatic rings. The van der Waals surface area contributed by atoms with E-state index in [-0.39, 0.29) is 5.78 Å². The molecule has 4 nitrogen and oxygen atoms in total. The monoisotopic (exact) mass is 389 g/mol. The molecule has 1 aliphatic carbocycles. The van der Waals surface area contributed by atoms with Gasteiger partial charge < -0.3 is 9.47 Å². The summed E-state index contributed by atoms with van der Waals surface area (Å²) < 4.78 is 11.4. The van der Waals surface area contributed by atoms with Gasteiger partial charge in [0.2, 0.25) is 0 Å². The van der Waals surface area contributed by atoms with Gasteiger partial charge in [-0.05, 0) is 42.5 Å². The highest BCUT2D eigenvalue weighted by molar-refractivity contribution is 6.31. The van der Waals surface area contributed by atoms with Crippen molar-refractivity contribution in [2.45, 2.75) is 38.3 Å². The van der Waals surface area contributed by atoms with Crippen LogP contribution in [0.15, 0.2) is 42.5 Å². The zero-order valence-electron chi connectivity index (χ0n) is 16.9. The van der Waals surface area contributed by atoms with Gasteiger partial charge in [0.15, 0.2) is 5.78 Å². The summed E-state index contributed by atoms with van der Waals surface area (Å²) >= 11 is 0. The SMILES string of the molecule is COCC1CCCN1CCc1ccc2c(c1)CO/C2=C1/C(=O)Cc2ccccc21. The lowest BCUT2D eigenvalue weighted by molar-refractivity contribution is -0.112. The molecule has 0 saturated carbocycles. The van der Waals surface area contributed by atoms with Crippen LogP contribution in [-0.4, -0.2) is 43.5 Å². The molecule has 1 fully saturated rings. The first-order chi connectivity index (χ1) is 14.2. The fourth-order valence-corrected chi connectivity index (χ4v) is 5.00. The molecule has 0 spiro atoms. The van der Waals surface area contributed by atoms with Gasteiger partial charge in [-0.1, -0.05) is 42.5 Å². The van der Waals surface area contributed by atoms with Gasteiger partial charge >= 0.3 is 0 Å². The van der Waals surface area contributed by atoms with E-state index in [4.69, 9.17) is 9.47 Å². The van der Waals surface area contributed by atoms with Crippen LogP contribution in [-0.2, 0) is 33.7 Å². The number of ketones is 1. The maximum atomic E-state index is 12.7. The fraction of sp³-hybridized carbons (Fsp3) is 0.400. The molecule has 0 bridgehead atoms. The van der Waals surface area contributed by atoms with Crippen molar-refractivity contribution in [2.24, 2.45) is 0 Å². The lowest BCUT2D eigenvalue weighted by Crippen LogP contribution is -2.34. The Morgan fingerprint density at radius 2 is 2.03 bits per heavy atom. The quantitative estimate of drug-likeness (QED) is 0.728. The Kier molecular flexibility index (Phi) is 4.98. The van der Waals surface area contributed by atoms with Crippen LogP contribution < -0.4 is 0 Å². The van der Waals surface area contributed by atoms with E-state index in [1.165, 1.54) is 30.5 Å². The van der Waals surface area contributed by atoms with Crippen LogP contribution in [0.3, 0.4) is 0 Å². The van der Waals surface area contributed by atoms with Crippen molar-refractivity contribution >= 4 is 17.1 Å². The van der Waals surface area contributed by atoms with Crippen molar-refractivity contribution in [3.8, 4) is 0 Å². The van der Waals surface area contributed by atoms with Crippen molar-refractivity contribution in [2.75, 3.05) is 26.8 Å². The minimum absolute atomic E-state index is 0.163. The number of allylic oxidation sites excluding steroid dienone is 1. The van der Waals surface area contributed by atoms with E-state index in [9.17, 15) is 4.79 Å². The molecule has 1 atom stereocenters. The van der Waals surface area contributed by atoms with Crippen LogP contribution in [0.2, 0.25) is 0 Å². The molecule has 2 aliphatic heterocycles. The summed E-state index contributed by atoms with van der Waals surface area (Å²) in [6.45, 7) is 3.60. The second-order valence-electron chi connectivity index (χ2n) is 8.28. The highest BCUT2D eigenvalue weighted by Gasteiger charge is 2.32. The molecule has 1 unspecified atom stereocenters. The van der Waals surface area contributed by atoms with Gasteiger partial charge in [-0.15, -0.1) is 0 Å². The highest BCUT2D eigenvalue weighted by Crippen LogP contribution is 2.40. The number of ether oxygens (including phenoxy) is 2. The normalized spacial score (nSPS) is 23.3. The molecule has 0 amide bonds. The Morgan fingerprint density at radius 1 is 1.14 bits per heavy atom. The molecule has 2 heterocycles. The number of Topliss-reactive ketones (excluding diaryl/α,β-unsaturated/α-hetero) is 1. The summed E-state index contributed by atoms with van der Waals surface area (Å²) in [5.41, 5.74) is 6.49. The van der Waals surface area contributed by atoms with Crippen molar-refractivity contribution in [3.63, 3.8) is 0 Å². The predicted molar refractivity (Wildman–Crippen MR) is 113 cm³/mol. The summed E-state index contributed by atoms with van der Waals surface area (Å²) in [6, 6.07) is 15.2. The molecular formula is C25H27NO3. The van der Waals surface area contributed by atoms with Gasteiger partial charge in [0.05, 0.1) is 12.2 Å². The summed E-state index contributed by atoms with van der Waals surface area (Å²) in [7, 11) is 1.79. The van der Waals surface area contributed by atoms with Crippen LogP contribution >= 0.6 is 0 Å². The minimum Gasteiger partial charge on any atom is -0.487 e. The average molecular weight is 389 g/mol. The van der Waals surface area contributed by atoms with Crippen LogP contribution in [0, 0.1) is 0 Å². The van der Waals surface area contributed by atoms with E-state index >= 15 is 0 Å². The summed E-state index contributed by atoms with van der Waals surface area (Å²) in [4.78, 5) is 15.2. The van der Waals surface area contributed by atoms with Gasteiger partial charge in [0.25, 0.3) is 0 Å². The molecule has 0 aromatic heterocycles. The molecule has 0 radical (unpaired) electrons. The third-order valence-electron chi connectivity index (χ3n) is 6.48. The number of methoxy groups -OCH3 is 1. The van der Waals surface area contributed by atoms with Gasteiger partial charge in [0.1, 0.15) is 12.4 Å². The summed E-state index contributed by atoms with van der Waals surface area (Å²) in [6.07, 6.45) is 4.00. The molecule has 1 saturated heterocycles. The molecule has 5 rings (SSSR count). The Bertz CT molecular complexity index is 978. The number of benzene rings is 2. The van der Waals surface area contributed by atoms with Gasteiger partial charge in [-0.2, -0.15) is 0 Å². The van der Waals surface area contributed by atoms with Gasteiger partial charge in [0, 0.05) is 37.2 Å². The highest BCUT2D eigenvalue weighted by atomic mass is 16.5. The van der Waals surface area contributed by atoms with E-state index in [1.807, 2.05) is 24.3 Å². The maximum absolute atomic E-state index is 12.7. The van der Waals surface area contributed by atoms with E-state index in [0.717, 1.165) is 47.6 Å². The van der Waals surface area contributed by atoms with Gasteiger partial charge in [-0.3, -0.25) is 9.69 Å². The number of rotatable bonds is 5. The number of carbonyl (C=O) groups is 1. The molecule has 29 heavy (non-hydrogen) atoms. The number of likely N-dealkylation sites (tertiary alicyclic amines) is 1. The molecule has 0 N–H and O–H groups in total. The first-order valence-corrected chi connectivity index (χ1v) is 10.6. The number of carbonyl (C=O) groups excluding carboxylic acids is 1. The standard InChI is InChI=1S/C25H27NO3/c1-28-16-20-6-4-11-26(20)12-10-17-8-9-22-19(13-17)15-29-25(22)24-21-7-3-2-5-18(21)14-23(24)27/h2-3,5,7-9,13,20H,4,6,10-12,14-16H2,1H3/b25-24+. The van der Waals surface area contributed by atoms with E-state index in [2.05, 4.69) is 23.1 Å². The van der Waals surface area contributed by atoms with E-state index < -0.39 is 0 Å². The Balaban J connectivity index is 1.37. The van der Waals surface area contributed by atoms with E-state index in [0.29, 0.717) is 19.1 Å². The summed E-state index contributed by atoms with van der Waals surface area (Å²) in [5, 5.41) is 0. The third-order valence-corrected chi connectivity index (χ3v) is 6.48. The lowest BCUT2D eigenvalue weighted by atomic mass is 9.98. The van der Waals surface area contributed by atoms with Crippen LogP contribution in [0.5, 0.6) is 0 Å². The van der Waals surface area contributed by atoms with Crippen molar-refractivity contribution < 1.29 is 14.3 Å². The lowest BCUT2D eigenvalue weighted by Gasteiger charge is -2.23. The Morgan fingerprint density at radius 3 is 2.93 bits per heavy atom. The number of hydrogen-bond acceptors (Lipinski definition) is 4. The molecule has 150 valence electrons. The van der Waals surface area contributed by atoms with Crippen molar-refractivity contribution in [3.05, 3.63) is 70.3 Å². The van der Waals surface area contributed by atoms with Crippen LogP contribution in [0.1, 0.15) is 40.7 Å². The maximum Gasteiger partial charge on any atom is 0.171 e. The molecule has 3 aliphatic rings. The zero-order valence-corrected chi connectivity index (χ0v) is 16.9. The Labute approximate surface area is 172 Å². The first-order valence-electron chi connectivity index (χ1n) is 10.6. The number of nitrogens with zero attached hydrogens (tertiary/aromatic N) is 1. The number of hydrogen-bond donors (Lipinski definition) is 0. The summed E-state index contributed by atoms with van der Waals surface area (Å²) in [5.74, 6) is 0.928. The fourth-order valence-electron chi connectivity index (χ4n) is 5.00. The largest absolute Gasteiger partial charge is 0.487 e. The molecule has 4 heteroatoms. The smallest absolute Gasteiger partial charge is 0.171 e. The molecular weight excluding hydrogens is 362 g/mol. The third kappa shape index (κ3) is 3.41. The second-order valence-corrected chi connectivity index (χ2v) is 8.28. The zero-order chi connectivity index (χ0) is 19.8. The average Bonchev–Trinajstić information content (AvgIpc) is 3.42. The number of fused-ring (bicyclic) bond motifs is 2. The first kappa shape index (κ1) is 18.6. The molecule has 2 aromatic carbocycles. The predicted octanol–water partition coefficient (Wildman–Crippen LogP) is 3.86. The van der Waals surface area contributed by atoms with Crippen molar-refractivity contribution in [1.29, 1.82) is 0 Å². The van der Waals surface area contributed by atoms with Crippen molar-refractivity contribution in [1.82, 2.24) is 4.90 Å². The topological polar surface area (TPSA) is 38.8 Å². The van der Waals surface area contributed by atoms with Gasteiger partial charge in [-0.25, -0.2) is 0 Å².